The normalized spacial score (nSPS) is 11.4. The Hall–Kier alpha value is -1.83. The van der Waals surface area contributed by atoms with Crippen molar-refractivity contribution in [3.8, 4) is 0 Å². The number of benzene rings is 1. The van der Waals surface area contributed by atoms with Crippen LogP contribution in [0.15, 0.2) is 18.2 Å². The molecule has 0 aliphatic rings. The van der Waals surface area contributed by atoms with E-state index in [9.17, 15) is 22.4 Å². The number of alkyl halides is 3. The molecule has 0 saturated carbocycles. The number of ether oxygens (including phenoxy) is 1. The molecule has 0 unspecified atom stereocenters. The van der Waals surface area contributed by atoms with Gasteiger partial charge in [0.05, 0.1) is 5.56 Å². The second-order valence-electron chi connectivity index (χ2n) is 3.64. The standard InChI is InChI=1S/C11H12F4N2O2/c12-8-2-1-7(9(5-8)11(13,14)15)6-17-3-4-19-10(16)18/h1-2,5,17H,3-4,6H2,(H2,16,18). The number of nitrogens with two attached hydrogens (primary N) is 1. The molecule has 4 nitrogen and oxygen atoms in total. The van der Waals surface area contributed by atoms with Crippen LogP contribution in [0, 0.1) is 5.82 Å². The van der Waals surface area contributed by atoms with Crippen molar-refractivity contribution in [2.24, 2.45) is 5.73 Å². The lowest BCUT2D eigenvalue weighted by molar-refractivity contribution is -0.138. The topological polar surface area (TPSA) is 64.4 Å². The van der Waals surface area contributed by atoms with Crippen molar-refractivity contribution in [1.29, 1.82) is 0 Å². The molecule has 0 atom stereocenters. The van der Waals surface area contributed by atoms with E-state index in [1.807, 2.05) is 0 Å². The minimum absolute atomic E-state index is 0.0577. The second kappa shape index (κ2) is 6.37. The minimum Gasteiger partial charge on any atom is -0.448 e. The van der Waals surface area contributed by atoms with Crippen molar-refractivity contribution < 1.29 is 27.1 Å². The van der Waals surface area contributed by atoms with Gasteiger partial charge in [-0.2, -0.15) is 13.2 Å². The van der Waals surface area contributed by atoms with Crippen molar-refractivity contribution in [3.05, 3.63) is 35.1 Å². The molecule has 1 amide bonds. The Bertz CT molecular complexity index is 449. The van der Waals surface area contributed by atoms with Crippen LogP contribution in [0.4, 0.5) is 22.4 Å². The van der Waals surface area contributed by atoms with E-state index in [-0.39, 0.29) is 25.3 Å². The van der Waals surface area contributed by atoms with Crippen LogP contribution in [-0.2, 0) is 17.5 Å². The Morgan fingerprint density at radius 1 is 1.37 bits per heavy atom. The summed E-state index contributed by atoms with van der Waals surface area (Å²) in [7, 11) is 0. The second-order valence-corrected chi connectivity index (χ2v) is 3.64. The first-order chi connectivity index (χ1) is 8.80. The first-order valence-electron chi connectivity index (χ1n) is 5.29. The van der Waals surface area contributed by atoms with Gasteiger partial charge in [-0.1, -0.05) is 6.07 Å². The number of hydrogen-bond donors (Lipinski definition) is 2. The number of hydrogen-bond acceptors (Lipinski definition) is 3. The van der Waals surface area contributed by atoms with Crippen LogP contribution in [0.25, 0.3) is 0 Å². The number of amides is 1. The van der Waals surface area contributed by atoms with Gasteiger partial charge in [-0.15, -0.1) is 0 Å². The molecule has 0 radical (unpaired) electrons. The van der Waals surface area contributed by atoms with Crippen LogP contribution in [0.3, 0.4) is 0 Å². The molecule has 3 N–H and O–H groups in total. The number of carbonyl (C=O) groups is 1. The third kappa shape index (κ3) is 5.12. The quantitative estimate of drug-likeness (QED) is 0.640. The van der Waals surface area contributed by atoms with Gasteiger partial charge in [0, 0.05) is 13.1 Å². The fourth-order valence-corrected chi connectivity index (χ4v) is 1.41. The van der Waals surface area contributed by atoms with E-state index in [0.717, 1.165) is 12.1 Å². The molecule has 0 aliphatic heterocycles. The average Bonchev–Trinajstić information content (AvgIpc) is 2.28. The molecular formula is C11H12F4N2O2. The first-order valence-corrected chi connectivity index (χ1v) is 5.29. The van der Waals surface area contributed by atoms with E-state index in [2.05, 4.69) is 10.1 Å². The molecule has 0 spiro atoms. The molecule has 0 bridgehead atoms. The van der Waals surface area contributed by atoms with Gasteiger partial charge in [0.15, 0.2) is 0 Å². The van der Waals surface area contributed by atoms with Crippen molar-refractivity contribution in [1.82, 2.24) is 5.32 Å². The summed E-state index contributed by atoms with van der Waals surface area (Å²) in [4.78, 5) is 10.2. The molecule has 1 aromatic carbocycles. The van der Waals surface area contributed by atoms with E-state index < -0.39 is 23.7 Å². The van der Waals surface area contributed by atoms with Crippen LogP contribution >= 0.6 is 0 Å². The average molecular weight is 280 g/mol. The Morgan fingerprint density at radius 3 is 2.63 bits per heavy atom. The summed E-state index contributed by atoms with van der Waals surface area (Å²) in [6.07, 6.45) is -5.58. The summed E-state index contributed by atoms with van der Waals surface area (Å²) in [5.74, 6) is -0.951. The summed E-state index contributed by atoms with van der Waals surface area (Å²) < 4.78 is 55.1. The van der Waals surface area contributed by atoms with Crippen molar-refractivity contribution in [3.63, 3.8) is 0 Å². The van der Waals surface area contributed by atoms with Crippen LogP contribution in [-0.4, -0.2) is 19.2 Å². The fourth-order valence-electron chi connectivity index (χ4n) is 1.41. The maximum absolute atomic E-state index is 12.8. The summed E-state index contributed by atoms with van der Waals surface area (Å²) in [6, 6.07) is 2.45. The van der Waals surface area contributed by atoms with Crippen molar-refractivity contribution >= 4 is 6.09 Å². The summed E-state index contributed by atoms with van der Waals surface area (Å²) in [6.45, 7) is -0.0489. The Kier molecular flexibility index (Phi) is 5.11. The predicted molar refractivity (Wildman–Crippen MR) is 58.6 cm³/mol. The number of nitrogens with one attached hydrogen (secondary N) is 1. The molecule has 1 rings (SSSR count). The highest BCUT2D eigenvalue weighted by molar-refractivity contribution is 5.64. The van der Waals surface area contributed by atoms with Gasteiger partial charge in [0.2, 0.25) is 0 Å². The Labute approximate surface area is 106 Å². The predicted octanol–water partition coefficient (Wildman–Crippen LogP) is 2.03. The van der Waals surface area contributed by atoms with E-state index in [1.54, 1.807) is 0 Å². The molecule has 1 aromatic rings. The number of carbonyl (C=O) groups excluding carboxylic acids is 1. The fraction of sp³-hybridized carbons (Fsp3) is 0.364. The first kappa shape index (κ1) is 15.2. The van der Waals surface area contributed by atoms with Gasteiger partial charge in [-0.05, 0) is 17.7 Å². The third-order valence-corrected chi connectivity index (χ3v) is 2.22. The van der Waals surface area contributed by atoms with E-state index in [0.29, 0.717) is 6.07 Å². The zero-order valence-corrected chi connectivity index (χ0v) is 9.76. The number of rotatable bonds is 5. The molecule has 8 heteroatoms. The Morgan fingerprint density at radius 2 is 2.05 bits per heavy atom. The van der Waals surface area contributed by atoms with Gasteiger partial charge < -0.3 is 15.8 Å². The molecule has 106 valence electrons. The molecule has 0 saturated heterocycles. The van der Waals surface area contributed by atoms with Gasteiger partial charge in [-0.25, -0.2) is 9.18 Å². The Balaban J connectivity index is 2.61. The smallest absolute Gasteiger partial charge is 0.416 e. The van der Waals surface area contributed by atoms with Crippen molar-refractivity contribution in [2.75, 3.05) is 13.2 Å². The molecular weight excluding hydrogens is 268 g/mol. The highest BCUT2D eigenvalue weighted by atomic mass is 19.4. The van der Waals surface area contributed by atoms with E-state index >= 15 is 0 Å². The lowest BCUT2D eigenvalue weighted by Gasteiger charge is -2.13. The van der Waals surface area contributed by atoms with Gasteiger partial charge >= 0.3 is 12.3 Å². The van der Waals surface area contributed by atoms with Crippen molar-refractivity contribution in [2.45, 2.75) is 12.7 Å². The number of halogens is 4. The van der Waals surface area contributed by atoms with Gasteiger partial charge in [-0.3, -0.25) is 0 Å². The van der Waals surface area contributed by atoms with Crippen LogP contribution in [0.2, 0.25) is 0 Å². The monoisotopic (exact) mass is 280 g/mol. The van der Waals surface area contributed by atoms with Gasteiger partial charge in [0.25, 0.3) is 0 Å². The largest absolute Gasteiger partial charge is 0.448 e. The lowest BCUT2D eigenvalue weighted by atomic mass is 10.1. The molecule has 0 aliphatic carbocycles. The molecule has 0 aromatic heterocycles. The summed E-state index contributed by atoms with van der Waals surface area (Å²) in [5.41, 5.74) is 3.58. The van der Waals surface area contributed by atoms with Crippen LogP contribution in [0.1, 0.15) is 11.1 Å². The maximum atomic E-state index is 12.8. The third-order valence-electron chi connectivity index (χ3n) is 2.22. The molecule has 0 heterocycles. The minimum atomic E-state index is -4.62. The lowest BCUT2D eigenvalue weighted by Crippen LogP contribution is -2.24. The summed E-state index contributed by atoms with van der Waals surface area (Å²) >= 11 is 0. The molecule has 0 fully saturated rings. The van der Waals surface area contributed by atoms with Crippen LogP contribution in [0.5, 0.6) is 0 Å². The zero-order valence-electron chi connectivity index (χ0n) is 9.76. The molecule has 19 heavy (non-hydrogen) atoms. The summed E-state index contributed by atoms with van der Waals surface area (Å²) in [5, 5.41) is 2.63. The highest BCUT2D eigenvalue weighted by Gasteiger charge is 2.33. The van der Waals surface area contributed by atoms with Crippen LogP contribution < -0.4 is 11.1 Å². The van der Waals surface area contributed by atoms with Gasteiger partial charge in [0.1, 0.15) is 12.4 Å². The van der Waals surface area contributed by atoms with E-state index in [4.69, 9.17) is 5.73 Å². The van der Waals surface area contributed by atoms with E-state index in [1.165, 1.54) is 0 Å². The SMILES string of the molecule is NC(=O)OCCNCc1ccc(F)cc1C(F)(F)F. The zero-order chi connectivity index (χ0) is 14.5. The number of primary amides is 1. The maximum Gasteiger partial charge on any atom is 0.416 e. The highest BCUT2D eigenvalue weighted by Crippen LogP contribution is 2.32.